The highest BCUT2D eigenvalue weighted by molar-refractivity contribution is 7.88. The third-order valence-electron chi connectivity index (χ3n) is 8.72. The average molecular weight is 633 g/mol. The van der Waals surface area contributed by atoms with Gasteiger partial charge < -0.3 is 19.9 Å². The van der Waals surface area contributed by atoms with Crippen molar-refractivity contribution in [2.45, 2.75) is 38.4 Å². The van der Waals surface area contributed by atoms with Gasteiger partial charge in [0.1, 0.15) is 5.75 Å². The molecule has 1 fully saturated rings. The summed E-state index contributed by atoms with van der Waals surface area (Å²) in [6.07, 6.45) is -1.71. The number of hydrogen-bond donors (Lipinski definition) is 1. The third kappa shape index (κ3) is 6.64. The molecule has 0 spiro atoms. The van der Waals surface area contributed by atoms with Crippen LogP contribution in [0.5, 0.6) is 5.75 Å². The largest absolute Gasteiger partial charge is 0.494 e. The number of nitrogens with zero attached hydrogens (tertiary/aromatic N) is 5. The van der Waals surface area contributed by atoms with Crippen LogP contribution in [0.25, 0.3) is 0 Å². The number of nitrogens with one attached hydrogen (secondary N) is 1. The summed E-state index contributed by atoms with van der Waals surface area (Å²) in [6.45, 7) is 5.71. The average Bonchev–Trinajstić information content (AvgIpc) is 3.33. The van der Waals surface area contributed by atoms with Crippen LogP contribution in [-0.2, 0) is 35.5 Å². The van der Waals surface area contributed by atoms with Crippen molar-refractivity contribution in [3.8, 4) is 5.75 Å². The summed E-state index contributed by atoms with van der Waals surface area (Å²) < 4.78 is 74.7. The van der Waals surface area contributed by atoms with Crippen molar-refractivity contribution in [3.63, 3.8) is 0 Å². The lowest BCUT2D eigenvalue weighted by atomic mass is 9.93. The van der Waals surface area contributed by atoms with E-state index in [0.29, 0.717) is 17.9 Å². The zero-order valence-corrected chi connectivity index (χ0v) is 26.5. The number of fused-ring (bicyclic) bond motifs is 1. The minimum atomic E-state index is -4.69. The van der Waals surface area contributed by atoms with Gasteiger partial charge >= 0.3 is 6.18 Å². The van der Waals surface area contributed by atoms with E-state index in [2.05, 4.69) is 39.1 Å². The molecule has 0 amide bonds. The molecule has 2 heterocycles. The smallest absolute Gasteiger partial charge is 0.419 e. The van der Waals surface area contributed by atoms with Gasteiger partial charge in [-0.15, -0.1) is 0 Å². The van der Waals surface area contributed by atoms with Crippen LogP contribution in [0.2, 0.25) is 0 Å². The fraction of sp³-hybridized carbons (Fsp3) is 0.484. The van der Waals surface area contributed by atoms with E-state index in [1.54, 1.807) is 7.11 Å². The lowest BCUT2D eigenvalue weighted by Gasteiger charge is -2.35. The fourth-order valence-electron chi connectivity index (χ4n) is 6.28. The zero-order chi connectivity index (χ0) is 31.8. The molecule has 3 aromatic rings. The summed E-state index contributed by atoms with van der Waals surface area (Å²) in [4.78, 5) is 13.0. The molecule has 0 saturated carbocycles. The van der Waals surface area contributed by atoms with Gasteiger partial charge in [-0.1, -0.05) is 31.2 Å². The monoisotopic (exact) mass is 632 g/mol. The maximum Gasteiger partial charge on any atom is 0.419 e. The molecule has 1 N–H and O–H groups in total. The van der Waals surface area contributed by atoms with Gasteiger partial charge in [-0.3, -0.25) is 0 Å². The highest BCUT2D eigenvalue weighted by atomic mass is 32.2. The van der Waals surface area contributed by atoms with Crippen molar-refractivity contribution >= 4 is 27.3 Å². The molecule has 5 rings (SSSR count). The molecule has 0 unspecified atom stereocenters. The van der Waals surface area contributed by atoms with E-state index in [9.17, 15) is 21.6 Å². The van der Waals surface area contributed by atoms with Crippen molar-refractivity contribution in [3.05, 3.63) is 70.5 Å². The van der Waals surface area contributed by atoms with Crippen LogP contribution in [-0.4, -0.2) is 81.2 Å². The standard InChI is InChI=1S/C31H39F3N6O3S/c1-6-20-16-26(28(43-4)18-27(20)40-13-11-38(2)12-14-40)37-30-35-19-24(31(32,33)34)25(36-30)17-22-15-21-9-7-8-10-23(21)29(22)39(3)44(5,41)42/h7-10,16,18-19,22,29H,6,11-15,17H2,1-5H3,(H,35,36,37)/t22-,29-/m0/s1. The summed E-state index contributed by atoms with van der Waals surface area (Å²) in [7, 11) is 1.49. The van der Waals surface area contributed by atoms with Crippen molar-refractivity contribution in [1.29, 1.82) is 0 Å². The molecule has 1 aromatic heterocycles. The van der Waals surface area contributed by atoms with E-state index in [0.717, 1.165) is 67.4 Å². The van der Waals surface area contributed by atoms with E-state index >= 15 is 0 Å². The second kappa shape index (κ2) is 12.5. The van der Waals surface area contributed by atoms with Crippen LogP contribution >= 0.6 is 0 Å². The Kier molecular flexibility index (Phi) is 9.11. The minimum Gasteiger partial charge on any atom is -0.494 e. The number of benzene rings is 2. The number of hydrogen-bond acceptors (Lipinski definition) is 8. The van der Waals surface area contributed by atoms with E-state index in [4.69, 9.17) is 4.74 Å². The predicted octanol–water partition coefficient (Wildman–Crippen LogP) is 4.91. The Balaban J connectivity index is 1.49. The number of ether oxygens (including phenoxy) is 1. The molecule has 44 heavy (non-hydrogen) atoms. The molecule has 13 heteroatoms. The number of likely N-dealkylation sites (N-methyl/N-ethyl adjacent to an activating group) is 1. The molecule has 1 aliphatic carbocycles. The third-order valence-corrected chi connectivity index (χ3v) is 9.99. The first-order valence-electron chi connectivity index (χ1n) is 14.7. The number of anilines is 3. The van der Waals surface area contributed by atoms with E-state index < -0.39 is 33.7 Å². The van der Waals surface area contributed by atoms with Crippen molar-refractivity contribution < 1.29 is 26.3 Å². The van der Waals surface area contributed by atoms with Crippen LogP contribution in [0.1, 0.15) is 40.9 Å². The minimum absolute atomic E-state index is 0.00392. The molecule has 1 aliphatic heterocycles. The topological polar surface area (TPSA) is 90.9 Å². The first-order valence-corrected chi connectivity index (χ1v) is 16.5. The molecule has 238 valence electrons. The number of methoxy groups -OCH3 is 1. The van der Waals surface area contributed by atoms with Gasteiger partial charge in [0, 0.05) is 51.2 Å². The first kappa shape index (κ1) is 32.0. The summed E-state index contributed by atoms with van der Waals surface area (Å²) in [5, 5.41) is 3.11. The van der Waals surface area contributed by atoms with Crippen molar-refractivity contribution in [1.82, 2.24) is 19.2 Å². The van der Waals surface area contributed by atoms with E-state index in [-0.39, 0.29) is 18.1 Å². The number of alkyl halides is 3. The summed E-state index contributed by atoms with van der Waals surface area (Å²) in [6, 6.07) is 10.7. The normalized spacial score (nSPS) is 19.3. The second-order valence-electron chi connectivity index (χ2n) is 11.6. The molecule has 0 radical (unpaired) electrons. The van der Waals surface area contributed by atoms with Crippen molar-refractivity contribution in [2.75, 3.05) is 63.9 Å². The maximum absolute atomic E-state index is 14.2. The summed E-state index contributed by atoms with van der Waals surface area (Å²) >= 11 is 0. The van der Waals surface area contributed by atoms with Crippen molar-refractivity contribution in [2.24, 2.45) is 5.92 Å². The molecule has 2 aromatic carbocycles. The number of halogens is 3. The number of rotatable bonds is 9. The maximum atomic E-state index is 14.2. The molecular formula is C31H39F3N6O3S. The Morgan fingerprint density at radius 1 is 1.14 bits per heavy atom. The van der Waals surface area contributed by atoms with Gasteiger partial charge in [0.15, 0.2) is 0 Å². The second-order valence-corrected chi connectivity index (χ2v) is 13.6. The number of sulfonamides is 1. The van der Waals surface area contributed by atoms with Gasteiger partial charge in [0.25, 0.3) is 0 Å². The van der Waals surface area contributed by atoms with Gasteiger partial charge in [-0.25, -0.2) is 18.4 Å². The Labute approximate surface area is 257 Å². The Morgan fingerprint density at radius 3 is 2.48 bits per heavy atom. The van der Waals surface area contributed by atoms with Crippen LogP contribution in [0.15, 0.2) is 42.6 Å². The molecular weight excluding hydrogens is 593 g/mol. The van der Waals surface area contributed by atoms with Gasteiger partial charge in [-0.2, -0.15) is 17.5 Å². The lowest BCUT2D eigenvalue weighted by Crippen LogP contribution is -2.44. The quantitative estimate of drug-likeness (QED) is 0.356. The molecule has 9 nitrogen and oxygen atoms in total. The Hall–Kier alpha value is -3.42. The van der Waals surface area contributed by atoms with Gasteiger partial charge in [-0.05, 0) is 55.0 Å². The highest BCUT2D eigenvalue weighted by Gasteiger charge is 2.41. The summed E-state index contributed by atoms with van der Waals surface area (Å²) in [5.74, 6) is 0.0755. The predicted molar refractivity (Wildman–Crippen MR) is 165 cm³/mol. The number of aryl methyl sites for hydroxylation is 1. The molecule has 2 atom stereocenters. The van der Waals surface area contributed by atoms with Crippen LogP contribution in [0, 0.1) is 5.92 Å². The number of aromatic nitrogens is 2. The Bertz CT molecular complexity index is 1610. The molecule has 2 aliphatic rings. The fourth-order valence-corrected chi connectivity index (χ4v) is 6.98. The highest BCUT2D eigenvalue weighted by Crippen LogP contribution is 2.44. The van der Waals surface area contributed by atoms with Crippen LogP contribution < -0.4 is 15.0 Å². The molecule has 1 saturated heterocycles. The SMILES string of the molecule is CCc1cc(Nc2ncc(C(F)(F)F)c(C[C@@H]3Cc4ccccc4[C@H]3N(C)S(C)(=O)=O)n2)c(OC)cc1N1CCN(C)CC1. The van der Waals surface area contributed by atoms with Gasteiger partial charge in [0.05, 0.1) is 36.4 Å². The molecule has 0 bridgehead atoms. The lowest BCUT2D eigenvalue weighted by molar-refractivity contribution is -0.138. The zero-order valence-electron chi connectivity index (χ0n) is 25.6. The van der Waals surface area contributed by atoms with Crippen LogP contribution in [0.3, 0.4) is 0 Å². The van der Waals surface area contributed by atoms with Crippen LogP contribution in [0.4, 0.5) is 30.5 Å². The van der Waals surface area contributed by atoms with E-state index in [1.165, 1.54) is 11.4 Å². The van der Waals surface area contributed by atoms with E-state index in [1.807, 2.05) is 36.4 Å². The Morgan fingerprint density at radius 2 is 1.84 bits per heavy atom. The number of piperazine rings is 1. The van der Waals surface area contributed by atoms with Gasteiger partial charge in [0.2, 0.25) is 16.0 Å². The first-order chi connectivity index (χ1) is 20.8. The summed E-state index contributed by atoms with van der Waals surface area (Å²) in [5.41, 5.74) is 3.27.